The van der Waals surface area contributed by atoms with Crippen LogP contribution < -0.4 is 5.32 Å². The number of nitro groups is 1. The van der Waals surface area contributed by atoms with Crippen LogP contribution >= 0.6 is 11.6 Å². The van der Waals surface area contributed by atoms with Crippen molar-refractivity contribution in [1.29, 1.82) is 0 Å². The summed E-state index contributed by atoms with van der Waals surface area (Å²) in [6, 6.07) is 6.70. The predicted octanol–water partition coefficient (Wildman–Crippen LogP) is 2.27. The summed E-state index contributed by atoms with van der Waals surface area (Å²) < 4.78 is 1.73. The second kappa shape index (κ2) is 5.81. The molecule has 1 N–H and O–H groups in total. The Balaban J connectivity index is 1.96. The first kappa shape index (κ1) is 13.5. The molecule has 0 bridgehead atoms. The van der Waals surface area contributed by atoms with Crippen LogP contribution in [0.2, 0.25) is 5.02 Å². The molecule has 0 amide bonds. The van der Waals surface area contributed by atoms with Crippen LogP contribution in [0, 0.1) is 10.1 Å². The summed E-state index contributed by atoms with van der Waals surface area (Å²) in [5.41, 5.74) is 1.66. The Morgan fingerprint density at radius 2 is 2.21 bits per heavy atom. The van der Waals surface area contributed by atoms with Crippen molar-refractivity contribution in [2.45, 2.75) is 13.1 Å². The van der Waals surface area contributed by atoms with E-state index in [0.717, 1.165) is 11.3 Å². The largest absolute Gasteiger partial charge is 0.307 e. The Morgan fingerprint density at radius 3 is 2.84 bits per heavy atom. The quantitative estimate of drug-likeness (QED) is 0.673. The molecule has 0 saturated carbocycles. The number of aryl methyl sites for hydroxylation is 1. The molecule has 0 radical (unpaired) electrons. The fourth-order valence-corrected chi connectivity index (χ4v) is 1.89. The molecule has 100 valence electrons. The lowest BCUT2D eigenvalue weighted by atomic mass is 10.2. The Hall–Kier alpha value is -1.92. The maximum Gasteiger partial charge on any atom is 0.288 e. The molecule has 1 aromatic heterocycles. The molecule has 6 nitrogen and oxygen atoms in total. The average molecular weight is 281 g/mol. The third-order valence-corrected chi connectivity index (χ3v) is 2.93. The second-order valence-electron chi connectivity index (χ2n) is 4.13. The van der Waals surface area contributed by atoms with E-state index in [-0.39, 0.29) is 10.7 Å². The molecule has 0 unspecified atom stereocenters. The highest BCUT2D eigenvalue weighted by molar-refractivity contribution is 6.32. The number of aromatic nitrogens is 2. The number of halogens is 1. The zero-order valence-electron chi connectivity index (χ0n) is 10.3. The summed E-state index contributed by atoms with van der Waals surface area (Å²) >= 11 is 5.75. The molecule has 0 aliphatic heterocycles. The molecule has 0 saturated heterocycles. The topological polar surface area (TPSA) is 73.0 Å². The van der Waals surface area contributed by atoms with Crippen molar-refractivity contribution in [3.05, 3.63) is 56.9 Å². The first-order valence-electron chi connectivity index (χ1n) is 5.68. The molecule has 1 heterocycles. The van der Waals surface area contributed by atoms with E-state index in [4.69, 9.17) is 11.6 Å². The van der Waals surface area contributed by atoms with Crippen LogP contribution in [-0.2, 0) is 20.1 Å². The standard InChI is InChI=1S/C12H13ClN4O2/c1-16-5-4-10(15-16)8-14-7-9-2-3-11(13)12(6-9)17(18)19/h2-6,14H,7-8H2,1H3. The van der Waals surface area contributed by atoms with E-state index in [1.165, 1.54) is 12.1 Å². The van der Waals surface area contributed by atoms with Crippen LogP contribution in [0.25, 0.3) is 0 Å². The summed E-state index contributed by atoms with van der Waals surface area (Å²) in [6.45, 7) is 1.13. The van der Waals surface area contributed by atoms with Crippen molar-refractivity contribution in [1.82, 2.24) is 15.1 Å². The monoisotopic (exact) mass is 280 g/mol. The highest BCUT2D eigenvalue weighted by atomic mass is 35.5. The molecular weight excluding hydrogens is 268 g/mol. The Bertz CT molecular complexity index is 597. The molecule has 2 rings (SSSR count). The van der Waals surface area contributed by atoms with E-state index in [1.807, 2.05) is 19.3 Å². The third-order valence-electron chi connectivity index (χ3n) is 2.61. The fraction of sp³-hybridized carbons (Fsp3) is 0.250. The number of hydrogen-bond acceptors (Lipinski definition) is 4. The number of nitro benzene ring substituents is 1. The summed E-state index contributed by atoms with van der Waals surface area (Å²) in [7, 11) is 1.85. The maximum absolute atomic E-state index is 10.8. The van der Waals surface area contributed by atoms with Gasteiger partial charge in [-0.25, -0.2) is 0 Å². The van der Waals surface area contributed by atoms with Gasteiger partial charge in [0.25, 0.3) is 5.69 Å². The Morgan fingerprint density at radius 1 is 1.42 bits per heavy atom. The van der Waals surface area contributed by atoms with Crippen molar-refractivity contribution in [3.8, 4) is 0 Å². The van der Waals surface area contributed by atoms with Gasteiger partial charge < -0.3 is 5.32 Å². The lowest BCUT2D eigenvalue weighted by molar-refractivity contribution is -0.384. The lowest BCUT2D eigenvalue weighted by Gasteiger charge is -2.04. The Labute approximate surface area is 115 Å². The van der Waals surface area contributed by atoms with Gasteiger partial charge in [-0.05, 0) is 17.7 Å². The maximum atomic E-state index is 10.8. The van der Waals surface area contributed by atoms with Crippen molar-refractivity contribution in [3.63, 3.8) is 0 Å². The first-order chi connectivity index (χ1) is 9.06. The summed E-state index contributed by atoms with van der Waals surface area (Å²) in [4.78, 5) is 10.3. The minimum absolute atomic E-state index is 0.0706. The summed E-state index contributed by atoms with van der Waals surface area (Å²) in [5, 5.41) is 18.3. The van der Waals surface area contributed by atoms with Gasteiger partial charge in [0.15, 0.2) is 0 Å². The van der Waals surface area contributed by atoms with Gasteiger partial charge in [0.2, 0.25) is 0 Å². The predicted molar refractivity (Wildman–Crippen MR) is 71.9 cm³/mol. The zero-order valence-corrected chi connectivity index (χ0v) is 11.1. The highest BCUT2D eigenvalue weighted by Gasteiger charge is 2.12. The molecule has 0 fully saturated rings. The number of benzene rings is 1. The van der Waals surface area contributed by atoms with Crippen LogP contribution in [0.1, 0.15) is 11.3 Å². The van der Waals surface area contributed by atoms with E-state index >= 15 is 0 Å². The number of rotatable bonds is 5. The van der Waals surface area contributed by atoms with Crippen molar-refractivity contribution in [2.24, 2.45) is 7.05 Å². The van der Waals surface area contributed by atoms with Crippen molar-refractivity contribution in [2.75, 3.05) is 0 Å². The van der Waals surface area contributed by atoms with Crippen LogP contribution in [0.4, 0.5) is 5.69 Å². The van der Waals surface area contributed by atoms with E-state index in [9.17, 15) is 10.1 Å². The third kappa shape index (κ3) is 3.52. The molecular formula is C12H13ClN4O2. The van der Waals surface area contributed by atoms with Crippen LogP contribution in [0.3, 0.4) is 0 Å². The van der Waals surface area contributed by atoms with Crippen molar-refractivity contribution >= 4 is 17.3 Å². The minimum Gasteiger partial charge on any atom is -0.307 e. The molecule has 7 heteroatoms. The molecule has 0 aliphatic rings. The van der Waals surface area contributed by atoms with Gasteiger partial charge >= 0.3 is 0 Å². The number of nitrogens with one attached hydrogen (secondary N) is 1. The van der Waals surface area contributed by atoms with Gasteiger partial charge in [0.1, 0.15) is 5.02 Å². The van der Waals surface area contributed by atoms with E-state index in [0.29, 0.717) is 13.1 Å². The van der Waals surface area contributed by atoms with Crippen LogP contribution in [0.5, 0.6) is 0 Å². The molecule has 0 aliphatic carbocycles. The van der Waals surface area contributed by atoms with E-state index in [2.05, 4.69) is 10.4 Å². The van der Waals surface area contributed by atoms with Crippen LogP contribution in [0.15, 0.2) is 30.5 Å². The van der Waals surface area contributed by atoms with E-state index < -0.39 is 4.92 Å². The van der Waals surface area contributed by atoms with Gasteiger partial charge in [-0.15, -0.1) is 0 Å². The lowest BCUT2D eigenvalue weighted by Crippen LogP contribution is -2.13. The molecule has 19 heavy (non-hydrogen) atoms. The summed E-state index contributed by atoms with van der Waals surface area (Å²) in [6.07, 6.45) is 1.87. The Kier molecular flexibility index (Phi) is 4.13. The second-order valence-corrected chi connectivity index (χ2v) is 4.53. The molecule has 2 aromatic rings. The number of nitrogens with zero attached hydrogens (tertiary/aromatic N) is 3. The highest BCUT2D eigenvalue weighted by Crippen LogP contribution is 2.24. The summed E-state index contributed by atoms with van der Waals surface area (Å²) in [5.74, 6) is 0. The molecule has 0 atom stereocenters. The average Bonchev–Trinajstić information content (AvgIpc) is 2.77. The first-order valence-corrected chi connectivity index (χ1v) is 6.06. The number of hydrogen-bond donors (Lipinski definition) is 1. The van der Waals surface area contributed by atoms with E-state index in [1.54, 1.807) is 10.7 Å². The SMILES string of the molecule is Cn1ccc(CNCc2ccc(Cl)c([N+](=O)[O-])c2)n1. The molecule has 0 spiro atoms. The van der Waals surface area contributed by atoms with Crippen LogP contribution in [-0.4, -0.2) is 14.7 Å². The smallest absolute Gasteiger partial charge is 0.288 e. The minimum atomic E-state index is -0.482. The van der Waals surface area contributed by atoms with Gasteiger partial charge in [0.05, 0.1) is 10.6 Å². The van der Waals surface area contributed by atoms with Crippen molar-refractivity contribution < 1.29 is 4.92 Å². The van der Waals surface area contributed by atoms with Gasteiger partial charge in [-0.2, -0.15) is 5.10 Å². The fourth-order valence-electron chi connectivity index (χ4n) is 1.70. The zero-order chi connectivity index (χ0) is 13.8. The van der Waals surface area contributed by atoms with Gasteiger partial charge in [0, 0.05) is 32.4 Å². The van der Waals surface area contributed by atoms with Gasteiger partial charge in [-0.3, -0.25) is 14.8 Å². The normalized spacial score (nSPS) is 10.6. The molecule has 1 aromatic carbocycles. The van der Waals surface area contributed by atoms with Gasteiger partial charge in [-0.1, -0.05) is 17.7 Å².